The van der Waals surface area contributed by atoms with Gasteiger partial charge in [0.25, 0.3) is 0 Å². The number of hydrogen-bond donors (Lipinski definition) is 0. The first-order valence-corrected chi connectivity index (χ1v) is 9.44. The highest BCUT2D eigenvalue weighted by atomic mass is 15.3. The highest BCUT2D eigenvalue weighted by Gasteiger charge is 2.26. The van der Waals surface area contributed by atoms with Crippen molar-refractivity contribution in [3.8, 4) is 0 Å². The number of imidazole rings is 1. The molecule has 3 aromatic heterocycles. The van der Waals surface area contributed by atoms with Crippen molar-refractivity contribution < 1.29 is 0 Å². The Labute approximate surface area is 159 Å². The number of nitrogens with zero attached hydrogens (tertiary/aromatic N) is 8. The molecule has 0 spiro atoms. The summed E-state index contributed by atoms with van der Waals surface area (Å²) in [7, 11) is 2.07. The van der Waals surface area contributed by atoms with Gasteiger partial charge in [0.2, 0.25) is 0 Å². The molecule has 1 aliphatic rings. The standard InChI is InChI=1S/C19H26N8/c1-13-11-21-14(2)18(22-13)26-8-5-16(6-9-26)19-24-23-17(25(19)4)12-27-10-7-20-15(27)3/h7,10-11,16H,5-6,8-9,12H2,1-4H3. The first-order valence-electron chi connectivity index (χ1n) is 9.44. The number of hydrogen-bond acceptors (Lipinski definition) is 6. The number of aryl methyl sites for hydroxylation is 3. The summed E-state index contributed by atoms with van der Waals surface area (Å²) in [5.41, 5.74) is 1.96. The number of anilines is 1. The van der Waals surface area contributed by atoms with Crippen LogP contribution in [0.4, 0.5) is 5.82 Å². The van der Waals surface area contributed by atoms with E-state index in [2.05, 4.69) is 46.2 Å². The summed E-state index contributed by atoms with van der Waals surface area (Å²) in [6.07, 6.45) is 7.72. The summed E-state index contributed by atoms with van der Waals surface area (Å²) in [6, 6.07) is 0. The van der Waals surface area contributed by atoms with Crippen molar-refractivity contribution in [2.75, 3.05) is 18.0 Å². The van der Waals surface area contributed by atoms with Crippen molar-refractivity contribution in [2.24, 2.45) is 7.05 Å². The van der Waals surface area contributed by atoms with Crippen molar-refractivity contribution in [2.45, 2.75) is 46.1 Å². The van der Waals surface area contributed by atoms with Gasteiger partial charge in [-0.15, -0.1) is 10.2 Å². The summed E-state index contributed by atoms with van der Waals surface area (Å²) in [6.45, 7) is 8.65. The van der Waals surface area contributed by atoms with E-state index in [4.69, 9.17) is 0 Å². The largest absolute Gasteiger partial charge is 0.355 e. The fourth-order valence-electron chi connectivity index (χ4n) is 3.77. The van der Waals surface area contributed by atoms with E-state index in [1.165, 1.54) is 0 Å². The predicted octanol–water partition coefficient (Wildman–Crippen LogP) is 2.16. The SMILES string of the molecule is Cc1cnc(C)c(N2CCC(c3nnc(Cn4ccnc4C)n3C)CC2)n1. The van der Waals surface area contributed by atoms with Gasteiger partial charge in [-0.25, -0.2) is 9.97 Å². The van der Waals surface area contributed by atoms with Gasteiger partial charge in [0.1, 0.15) is 17.5 Å². The van der Waals surface area contributed by atoms with E-state index in [1.54, 1.807) is 0 Å². The van der Waals surface area contributed by atoms with Gasteiger partial charge in [0.15, 0.2) is 5.82 Å². The van der Waals surface area contributed by atoms with Crippen molar-refractivity contribution in [3.05, 3.63) is 47.5 Å². The molecule has 0 atom stereocenters. The van der Waals surface area contributed by atoms with Crippen LogP contribution in [0.2, 0.25) is 0 Å². The van der Waals surface area contributed by atoms with Crippen LogP contribution in [0.15, 0.2) is 18.6 Å². The number of rotatable bonds is 4. The maximum Gasteiger partial charge on any atom is 0.152 e. The molecule has 0 unspecified atom stereocenters. The topological polar surface area (TPSA) is 77.5 Å². The summed E-state index contributed by atoms with van der Waals surface area (Å²) in [4.78, 5) is 15.8. The average molecular weight is 366 g/mol. The number of piperidine rings is 1. The van der Waals surface area contributed by atoms with Gasteiger partial charge in [0, 0.05) is 44.6 Å². The fraction of sp³-hybridized carbons (Fsp3) is 0.526. The molecule has 0 aromatic carbocycles. The minimum atomic E-state index is 0.425. The third-order valence-electron chi connectivity index (χ3n) is 5.44. The normalized spacial score (nSPS) is 15.5. The van der Waals surface area contributed by atoms with E-state index >= 15 is 0 Å². The molecule has 8 heteroatoms. The molecule has 0 bridgehead atoms. The molecule has 0 saturated carbocycles. The van der Waals surface area contributed by atoms with E-state index in [1.807, 2.05) is 39.4 Å². The van der Waals surface area contributed by atoms with Gasteiger partial charge in [-0.3, -0.25) is 4.98 Å². The molecule has 4 heterocycles. The maximum atomic E-state index is 4.69. The quantitative estimate of drug-likeness (QED) is 0.704. The maximum absolute atomic E-state index is 4.69. The Hall–Kier alpha value is -2.77. The molecule has 0 N–H and O–H groups in total. The molecule has 1 fully saturated rings. The fourth-order valence-corrected chi connectivity index (χ4v) is 3.77. The van der Waals surface area contributed by atoms with Crippen molar-refractivity contribution in [3.63, 3.8) is 0 Å². The minimum Gasteiger partial charge on any atom is -0.355 e. The van der Waals surface area contributed by atoms with Crippen LogP contribution in [0.25, 0.3) is 0 Å². The van der Waals surface area contributed by atoms with Gasteiger partial charge >= 0.3 is 0 Å². The van der Waals surface area contributed by atoms with E-state index in [0.717, 1.165) is 60.6 Å². The third-order valence-corrected chi connectivity index (χ3v) is 5.44. The zero-order valence-electron chi connectivity index (χ0n) is 16.4. The lowest BCUT2D eigenvalue weighted by molar-refractivity contribution is 0.469. The lowest BCUT2D eigenvalue weighted by Crippen LogP contribution is -2.35. The molecule has 3 aromatic rings. The van der Waals surface area contributed by atoms with Gasteiger partial charge in [-0.05, 0) is 33.6 Å². The van der Waals surface area contributed by atoms with Gasteiger partial charge in [-0.1, -0.05) is 0 Å². The Morgan fingerprint density at radius 2 is 1.85 bits per heavy atom. The molecule has 0 aliphatic carbocycles. The van der Waals surface area contributed by atoms with Crippen LogP contribution in [0.1, 0.15) is 47.6 Å². The molecule has 27 heavy (non-hydrogen) atoms. The number of aromatic nitrogens is 7. The van der Waals surface area contributed by atoms with E-state index in [0.29, 0.717) is 12.5 Å². The first kappa shape index (κ1) is 17.6. The van der Waals surface area contributed by atoms with Crippen LogP contribution in [-0.2, 0) is 13.6 Å². The Balaban J connectivity index is 1.46. The van der Waals surface area contributed by atoms with Crippen LogP contribution in [0.5, 0.6) is 0 Å². The lowest BCUT2D eigenvalue weighted by atomic mass is 9.96. The molecule has 0 amide bonds. The van der Waals surface area contributed by atoms with E-state index in [-0.39, 0.29) is 0 Å². The molecule has 1 saturated heterocycles. The van der Waals surface area contributed by atoms with Gasteiger partial charge < -0.3 is 14.0 Å². The van der Waals surface area contributed by atoms with Crippen LogP contribution in [0, 0.1) is 20.8 Å². The van der Waals surface area contributed by atoms with Crippen LogP contribution in [-0.4, -0.2) is 47.4 Å². The van der Waals surface area contributed by atoms with Crippen molar-refractivity contribution in [1.29, 1.82) is 0 Å². The summed E-state index contributed by atoms with van der Waals surface area (Å²) in [5.74, 6) is 4.48. The molecule has 1 aliphatic heterocycles. The zero-order valence-corrected chi connectivity index (χ0v) is 16.4. The Morgan fingerprint density at radius 3 is 2.56 bits per heavy atom. The van der Waals surface area contributed by atoms with Crippen LogP contribution >= 0.6 is 0 Å². The highest BCUT2D eigenvalue weighted by molar-refractivity contribution is 5.43. The first-order chi connectivity index (χ1) is 13.0. The molecule has 142 valence electrons. The van der Waals surface area contributed by atoms with Crippen molar-refractivity contribution >= 4 is 5.82 Å². The second-order valence-electron chi connectivity index (χ2n) is 7.32. The lowest BCUT2D eigenvalue weighted by Gasteiger charge is -2.33. The molecular formula is C19H26N8. The molecular weight excluding hydrogens is 340 g/mol. The van der Waals surface area contributed by atoms with E-state index < -0.39 is 0 Å². The smallest absolute Gasteiger partial charge is 0.152 e. The van der Waals surface area contributed by atoms with Crippen LogP contribution < -0.4 is 4.90 Å². The van der Waals surface area contributed by atoms with Crippen LogP contribution in [0.3, 0.4) is 0 Å². The summed E-state index contributed by atoms with van der Waals surface area (Å²) < 4.78 is 4.24. The Bertz CT molecular complexity index is 933. The zero-order chi connectivity index (χ0) is 19.0. The Kier molecular flexibility index (Phi) is 4.63. The van der Waals surface area contributed by atoms with Gasteiger partial charge in [-0.2, -0.15) is 0 Å². The summed E-state index contributed by atoms with van der Waals surface area (Å²) in [5, 5.41) is 8.95. The van der Waals surface area contributed by atoms with E-state index in [9.17, 15) is 0 Å². The minimum absolute atomic E-state index is 0.425. The third kappa shape index (κ3) is 3.43. The van der Waals surface area contributed by atoms with Crippen molar-refractivity contribution in [1.82, 2.24) is 34.3 Å². The Morgan fingerprint density at radius 1 is 1.07 bits per heavy atom. The summed E-state index contributed by atoms with van der Waals surface area (Å²) >= 11 is 0. The highest BCUT2D eigenvalue weighted by Crippen LogP contribution is 2.29. The average Bonchev–Trinajstić information content (AvgIpc) is 3.24. The van der Waals surface area contributed by atoms with Gasteiger partial charge in [0.05, 0.1) is 17.9 Å². The molecule has 8 nitrogen and oxygen atoms in total. The second kappa shape index (κ2) is 7.09. The monoisotopic (exact) mass is 366 g/mol. The second-order valence-corrected chi connectivity index (χ2v) is 7.32. The molecule has 4 rings (SSSR count). The molecule has 0 radical (unpaired) electrons. The predicted molar refractivity (Wildman–Crippen MR) is 103 cm³/mol.